The summed E-state index contributed by atoms with van der Waals surface area (Å²) in [6, 6.07) is 6.31. The van der Waals surface area contributed by atoms with Crippen LogP contribution >= 0.6 is 0 Å². The molecule has 19 heteroatoms. The number of hydrogen-bond acceptors (Lipinski definition) is 8. The number of likely N-dealkylation sites (tertiary alicyclic amines) is 1. The summed E-state index contributed by atoms with van der Waals surface area (Å²) in [7, 11) is 1.37. The number of hydrogen-bond donors (Lipinski definition) is 2. The summed E-state index contributed by atoms with van der Waals surface area (Å²) in [5.41, 5.74) is -1.51. The fourth-order valence-corrected chi connectivity index (χ4v) is 8.64. The summed E-state index contributed by atoms with van der Waals surface area (Å²) in [5.74, 6) is -7.54. The molecule has 5 heterocycles. The summed E-state index contributed by atoms with van der Waals surface area (Å²) in [6.45, 7) is 0.146. The van der Waals surface area contributed by atoms with Gasteiger partial charge in [0.25, 0.3) is 11.8 Å². The van der Waals surface area contributed by atoms with Crippen molar-refractivity contribution in [3.8, 4) is 0 Å². The van der Waals surface area contributed by atoms with Crippen molar-refractivity contribution in [3.63, 3.8) is 0 Å². The Kier molecular flexibility index (Phi) is 9.68. The van der Waals surface area contributed by atoms with E-state index in [1.54, 1.807) is 23.1 Å². The van der Waals surface area contributed by atoms with Crippen molar-refractivity contribution in [1.82, 2.24) is 39.1 Å². The van der Waals surface area contributed by atoms with Gasteiger partial charge in [-0.2, -0.15) is 18.3 Å². The number of rotatable bonds is 7. The van der Waals surface area contributed by atoms with Gasteiger partial charge in [-0.15, -0.1) is 0 Å². The van der Waals surface area contributed by atoms with Crippen molar-refractivity contribution >= 4 is 45.3 Å². The molecule has 2 atom stereocenters. The topological polar surface area (TPSA) is 149 Å². The van der Waals surface area contributed by atoms with Crippen molar-refractivity contribution in [2.24, 2.45) is 13.0 Å². The summed E-state index contributed by atoms with van der Waals surface area (Å²) in [5, 5.41) is 10.2. The molecule has 2 saturated heterocycles. The molecule has 1 aliphatic carbocycles. The number of amides is 3. The van der Waals surface area contributed by atoms with E-state index in [2.05, 4.69) is 25.7 Å². The van der Waals surface area contributed by atoms with E-state index in [0.29, 0.717) is 35.9 Å². The minimum Gasteiger partial charge on any atom is -0.321 e. The molecule has 3 aromatic heterocycles. The van der Waals surface area contributed by atoms with Crippen molar-refractivity contribution < 1.29 is 40.7 Å². The quantitative estimate of drug-likeness (QED) is 0.157. The maximum atomic E-state index is 16.1. The predicted molar refractivity (Wildman–Crippen MR) is 193 cm³/mol. The summed E-state index contributed by atoms with van der Waals surface area (Å²) in [4.78, 5) is 59.0. The Labute approximate surface area is 320 Å². The highest BCUT2D eigenvalue weighted by molar-refractivity contribution is 6.03. The highest BCUT2D eigenvalue weighted by atomic mass is 19.4. The largest absolute Gasteiger partial charge is 0.434 e. The number of aryl methyl sites for hydroxylation is 1. The first-order valence-electron chi connectivity index (χ1n) is 18.6. The molecule has 300 valence electrons. The molecule has 8 rings (SSSR count). The van der Waals surface area contributed by atoms with Crippen molar-refractivity contribution in [2.45, 2.75) is 75.0 Å². The van der Waals surface area contributed by atoms with E-state index in [0.717, 1.165) is 47.1 Å². The van der Waals surface area contributed by atoms with Crippen molar-refractivity contribution in [2.75, 3.05) is 25.0 Å². The molecule has 0 bridgehead atoms. The van der Waals surface area contributed by atoms with E-state index < -0.39 is 71.2 Å². The molecule has 13 nitrogen and oxygen atoms in total. The third-order valence-electron chi connectivity index (χ3n) is 11.4. The number of anilines is 1. The minimum atomic E-state index is -4.75. The second-order valence-electron chi connectivity index (χ2n) is 15.1. The Morgan fingerprint density at radius 3 is 2.51 bits per heavy atom. The maximum absolute atomic E-state index is 16.1. The van der Waals surface area contributed by atoms with Gasteiger partial charge in [0, 0.05) is 42.8 Å². The summed E-state index contributed by atoms with van der Waals surface area (Å²) < 4.78 is 91.0. The Bertz CT molecular complexity index is 2470. The Morgan fingerprint density at radius 1 is 1.02 bits per heavy atom. The zero-order valence-corrected chi connectivity index (χ0v) is 30.5. The number of imide groups is 1. The first-order valence-corrected chi connectivity index (χ1v) is 18.6. The maximum Gasteiger partial charge on any atom is 0.434 e. The average molecular weight is 798 g/mol. The molecule has 3 aliphatic rings. The second-order valence-corrected chi connectivity index (χ2v) is 15.1. The zero-order valence-electron chi connectivity index (χ0n) is 30.5. The number of carbonyl (C=O) groups excluding carboxylic acids is 3. The van der Waals surface area contributed by atoms with Gasteiger partial charge in [0.1, 0.15) is 17.6 Å². The van der Waals surface area contributed by atoms with Crippen LogP contribution in [0.2, 0.25) is 0 Å². The molecule has 2 N–H and O–H groups in total. The van der Waals surface area contributed by atoms with Crippen LogP contribution in [0.15, 0.2) is 53.7 Å². The van der Waals surface area contributed by atoms with Gasteiger partial charge in [-0.1, -0.05) is 0 Å². The Morgan fingerprint density at radius 2 is 1.79 bits per heavy atom. The number of imidazole rings is 1. The van der Waals surface area contributed by atoms with Gasteiger partial charge in [-0.25, -0.2) is 22.9 Å². The predicted octanol–water partition coefficient (Wildman–Crippen LogP) is 5.72. The lowest BCUT2D eigenvalue weighted by atomic mass is 9.82. The van der Waals surface area contributed by atoms with Crippen LogP contribution in [0.25, 0.3) is 21.9 Å². The van der Waals surface area contributed by atoms with E-state index in [4.69, 9.17) is 0 Å². The SMILES string of the molecule is Cn1c(=O)n(C2CCC(=O)NC2=O)c2ccc(F)c([C@@H]3CCN(CC4CCC(n5cc6cc(NC(=O)c7cncc(C(F)(F)F)n7)ccc6n5)CC4)CC3(F)F)c21. The van der Waals surface area contributed by atoms with Crippen LogP contribution < -0.4 is 16.3 Å². The lowest BCUT2D eigenvalue weighted by Crippen LogP contribution is -2.49. The monoisotopic (exact) mass is 797 g/mol. The van der Waals surface area contributed by atoms with Crippen LogP contribution in [0.5, 0.6) is 0 Å². The zero-order chi connectivity index (χ0) is 40.4. The molecule has 3 fully saturated rings. The molecule has 1 unspecified atom stereocenters. The Balaban J connectivity index is 0.901. The average Bonchev–Trinajstić information content (AvgIpc) is 3.69. The van der Waals surface area contributed by atoms with E-state index in [1.807, 2.05) is 10.9 Å². The molecule has 0 radical (unpaired) electrons. The van der Waals surface area contributed by atoms with Gasteiger partial charge in [-0.3, -0.25) is 43.4 Å². The van der Waals surface area contributed by atoms with Gasteiger partial charge < -0.3 is 5.32 Å². The van der Waals surface area contributed by atoms with E-state index in [-0.39, 0.29) is 47.8 Å². The summed E-state index contributed by atoms with van der Waals surface area (Å²) in [6.07, 6.45) is 1.60. The molecule has 2 aliphatic heterocycles. The Hall–Kier alpha value is -5.59. The number of fused-ring (bicyclic) bond motifs is 2. The number of alkyl halides is 5. The number of benzene rings is 2. The molecule has 3 amide bonds. The standard InChI is InChI=1S/C38H37F6N9O4/c1-50-33-28(53(36(50)57)29-10-11-31(54)48-35(29)56)9-7-25(39)32(33)24-12-13-51(19-37(24,40)41)17-20-2-5-23(6-3-20)52-18-21-14-22(4-8-26(21)49-52)46-34(55)27-15-45-16-30(47-27)38(42,43)44/h4,7-9,14-16,18,20,23-24,29H,2-3,5-6,10-13,17,19H2,1H3,(H,46,55)(H,48,54,56)/t20?,23?,24-,29?/m0/s1. The van der Waals surface area contributed by atoms with Crippen LogP contribution in [-0.4, -0.2) is 77.1 Å². The first-order chi connectivity index (χ1) is 27.1. The van der Waals surface area contributed by atoms with Gasteiger partial charge in [0.05, 0.1) is 47.4 Å². The molecule has 57 heavy (non-hydrogen) atoms. The van der Waals surface area contributed by atoms with E-state index in [9.17, 15) is 32.3 Å². The molecule has 1 saturated carbocycles. The van der Waals surface area contributed by atoms with Gasteiger partial charge in [-0.05, 0) is 81.3 Å². The third kappa shape index (κ3) is 7.28. The molecular formula is C38H37F6N9O4. The van der Waals surface area contributed by atoms with Gasteiger partial charge >= 0.3 is 11.9 Å². The lowest BCUT2D eigenvalue weighted by Gasteiger charge is -2.41. The van der Waals surface area contributed by atoms with Crippen LogP contribution in [0.4, 0.5) is 32.0 Å². The van der Waals surface area contributed by atoms with Crippen LogP contribution in [-0.2, 0) is 22.8 Å². The first kappa shape index (κ1) is 38.3. The van der Waals surface area contributed by atoms with E-state index >= 15 is 13.2 Å². The molecule has 2 aromatic carbocycles. The smallest absolute Gasteiger partial charge is 0.321 e. The number of carbonyl (C=O) groups is 3. The fourth-order valence-electron chi connectivity index (χ4n) is 8.64. The molecular weight excluding hydrogens is 760 g/mol. The number of halogens is 6. The number of nitrogens with one attached hydrogen (secondary N) is 2. The third-order valence-corrected chi connectivity index (χ3v) is 11.4. The fraction of sp³-hybridized carbons (Fsp3) is 0.447. The highest BCUT2D eigenvalue weighted by Crippen LogP contribution is 2.45. The van der Waals surface area contributed by atoms with Crippen LogP contribution in [0.3, 0.4) is 0 Å². The minimum absolute atomic E-state index is 0.00504. The van der Waals surface area contributed by atoms with Crippen molar-refractivity contribution in [3.05, 3.63) is 82.2 Å². The number of aromatic nitrogens is 6. The normalized spacial score (nSPS) is 23.2. The molecule has 0 spiro atoms. The molecule has 5 aromatic rings. The second kappa shape index (κ2) is 14.4. The summed E-state index contributed by atoms with van der Waals surface area (Å²) >= 11 is 0. The van der Waals surface area contributed by atoms with Gasteiger partial charge in [0.15, 0.2) is 5.69 Å². The van der Waals surface area contributed by atoms with Crippen LogP contribution in [0.1, 0.15) is 84.7 Å². The highest BCUT2D eigenvalue weighted by Gasteiger charge is 2.48. The van der Waals surface area contributed by atoms with Crippen molar-refractivity contribution in [1.29, 1.82) is 0 Å². The van der Waals surface area contributed by atoms with Gasteiger partial charge in [0.2, 0.25) is 11.8 Å². The van der Waals surface area contributed by atoms with Crippen LogP contribution in [0, 0.1) is 11.7 Å². The number of piperidine rings is 2. The number of nitrogens with zero attached hydrogens (tertiary/aromatic N) is 7. The lowest BCUT2D eigenvalue weighted by molar-refractivity contribution is -0.141. The van der Waals surface area contributed by atoms with E-state index in [1.165, 1.54) is 13.1 Å².